The van der Waals surface area contributed by atoms with Crippen LogP contribution in [0.1, 0.15) is 26.7 Å². The van der Waals surface area contributed by atoms with Crippen molar-refractivity contribution < 1.29 is 14.2 Å². The minimum atomic E-state index is 0.130. The van der Waals surface area contributed by atoms with Crippen LogP contribution < -0.4 is 14.2 Å². The Morgan fingerprint density at radius 1 is 1.19 bits per heavy atom. The monoisotopic (exact) mass is 222 g/mol. The summed E-state index contributed by atoms with van der Waals surface area (Å²) >= 11 is 0. The molecule has 0 N–H and O–H groups in total. The molecule has 88 valence electrons. The molecule has 1 aromatic rings. The molecule has 0 saturated heterocycles. The lowest BCUT2D eigenvalue weighted by atomic mass is 10.3. The minimum absolute atomic E-state index is 0.130. The first-order chi connectivity index (χ1) is 7.70. The zero-order valence-electron chi connectivity index (χ0n) is 10.0. The van der Waals surface area contributed by atoms with Crippen molar-refractivity contribution in [1.82, 2.24) is 0 Å². The molecule has 16 heavy (non-hydrogen) atoms. The lowest BCUT2D eigenvalue weighted by molar-refractivity contribution is 0.221. The van der Waals surface area contributed by atoms with Crippen molar-refractivity contribution in [1.29, 1.82) is 0 Å². The van der Waals surface area contributed by atoms with Gasteiger partial charge in [-0.25, -0.2) is 0 Å². The highest BCUT2D eigenvalue weighted by atomic mass is 16.5. The molecule has 1 fully saturated rings. The molecule has 0 atom stereocenters. The molecule has 0 unspecified atom stereocenters. The van der Waals surface area contributed by atoms with Crippen LogP contribution in [0, 0.1) is 0 Å². The summed E-state index contributed by atoms with van der Waals surface area (Å²) in [5, 5.41) is 0. The summed E-state index contributed by atoms with van der Waals surface area (Å²) < 4.78 is 16.8. The van der Waals surface area contributed by atoms with Gasteiger partial charge in [-0.15, -0.1) is 0 Å². The molecule has 0 amide bonds. The second-order valence-electron chi connectivity index (χ2n) is 4.27. The van der Waals surface area contributed by atoms with Gasteiger partial charge in [0.25, 0.3) is 0 Å². The summed E-state index contributed by atoms with van der Waals surface area (Å²) in [6.45, 7) is 3.99. The molecule has 0 heterocycles. The molecule has 0 aliphatic heterocycles. The molecule has 0 bridgehead atoms. The van der Waals surface area contributed by atoms with Gasteiger partial charge in [0.05, 0.1) is 19.3 Å². The average molecular weight is 222 g/mol. The molecule has 3 nitrogen and oxygen atoms in total. The number of rotatable bonds is 5. The van der Waals surface area contributed by atoms with E-state index in [0.29, 0.717) is 11.9 Å². The Bertz CT molecular complexity index is 334. The van der Waals surface area contributed by atoms with E-state index in [0.717, 1.165) is 24.3 Å². The normalized spacial score (nSPS) is 15.0. The number of hydrogen-bond donors (Lipinski definition) is 0. The van der Waals surface area contributed by atoms with E-state index >= 15 is 0 Å². The van der Waals surface area contributed by atoms with Crippen LogP contribution in [-0.2, 0) is 0 Å². The molecular formula is C13H18O3. The number of hydrogen-bond acceptors (Lipinski definition) is 3. The lowest BCUT2D eigenvalue weighted by Crippen LogP contribution is -2.07. The topological polar surface area (TPSA) is 27.7 Å². The Morgan fingerprint density at radius 3 is 2.44 bits per heavy atom. The van der Waals surface area contributed by atoms with Crippen molar-refractivity contribution >= 4 is 0 Å². The molecular weight excluding hydrogens is 204 g/mol. The molecule has 0 radical (unpaired) electrons. The van der Waals surface area contributed by atoms with Crippen LogP contribution in [0.25, 0.3) is 0 Å². The first-order valence-corrected chi connectivity index (χ1v) is 5.71. The summed E-state index contributed by atoms with van der Waals surface area (Å²) in [5.41, 5.74) is 0. The Balaban J connectivity index is 2.21. The van der Waals surface area contributed by atoms with Gasteiger partial charge in [-0.3, -0.25) is 0 Å². The maximum atomic E-state index is 5.76. The molecule has 2 rings (SSSR count). The fourth-order valence-corrected chi connectivity index (χ4v) is 1.50. The molecule has 1 aliphatic rings. The maximum Gasteiger partial charge on any atom is 0.203 e. The Morgan fingerprint density at radius 2 is 1.88 bits per heavy atom. The number of methoxy groups -OCH3 is 1. The molecule has 3 heteroatoms. The standard InChI is InChI=1S/C13H18O3/c1-9(2)15-11-5-4-6-12(13(11)14-3)16-10-7-8-10/h4-6,9-10H,7-8H2,1-3H3. The quantitative estimate of drug-likeness (QED) is 0.766. The summed E-state index contributed by atoms with van der Waals surface area (Å²) in [6.07, 6.45) is 2.77. The van der Waals surface area contributed by atoms with Crippen LogP contribution in [0.3, 0.4) is 0 Å². The predicted molar refractivity (Wildman–Crippen MR) is 62.4 cm³/mol. The second kappa shape index (κ2) is 4.64. The minimum Gasteiger partial charge on any atom is -0.490 e. The summed E-state index contributed by atoms with van der Waals surface area (Å²) in [6, 6.07) is 5.75. The van der Waals surface area contributed by atoms with Gasteiger partial charge < -0.3 is 14.2 Å². The van der Waals surface area contributed by atoms with E-state index in [1.54, 1.807) is 7.11 Å². The fourth-order valence-electron chi connectivity index (χ4n) is 1.50. The van der Waals surface area contributed by atoms with E-state index in [1.807, 2.05) is 32.0 Å². The van der Waals surface area contributed by atoms with E-state index < -0.39 is 0 Å². The van der Waals surface area contributed by atoms with E-state index in [4.69, 9.17) is 14.2 Å². The first-order valence-electron chi connectivity index (χ1n) is 5.71. The van der Waals surface area contributed by atoms with Crippen LogP contribution in [0.5, 0.6) is 17.2 Å². The number of para-hydroxylation sites is 1. The zero-order chi connectivity index (χ0) is 11.5. The van der Waals surface area contributed by atoms with Crippen LogP contribution >= 0.6 is 0 Å². The van der Waals surface area contributed by atoms with Crippen molar-refractivity contribution in [3.63, 3.8) is 0 Å². The van der Waals surface area contributed by atoms with Crippen molar-refractivity contribution in [2.45, 2.75) is 38.9 Å². The highest BCUT2D eigenvalue weighted by Gasteiger charge is 2.25. The fraction of sp³-hybridized carbons (Fsp3) is 0.538. The summed E-state index contributed by atoms with van der Waals surface area (Å²) in [5.74, 6) is 2.22. The van der Waals surface area contributed by atoms with E-state index in [-0.39, 0.29) is 6.10 Å². The van der Waals surface area contributed by atoms with Gasteiger partial charge in [0, 0.05) is 0 Å². The van der Waals surface area contributed by atoms with Gasteiger partial charge in [-0.1, -0.05) is 6.07 Å². The van der Waals surface area contributed by atoms with Crippen molar-refractivity contribution in [2.75, 3.05) is 7.11 Å². The molecule has 0 aromatic heterocycles. The highest BCUT2D eigenvalue weighted by Crippen LogP contribution is 2.40. The van der Waals surface area contributed by atoms with Gasteiger partial charge >= 0.3 is 0 Å². The largest absolute Gasteiger partial charge is 0.490 e. The third-order valence-electron chi connectivity index (χ3n) is 2.33. The van der Waals surface area contributed by atoms with Crippen LogP contribution in [0.2, 0.25) is 0 Å². The van der Waals surface area contributed by atoms with Crippen molar-refractivity contribution in [2.24, 2.45) is 0 Å². The average Bonchev–Trinajstić information content (AvgIpc) is 3.01. The maximum absolute atomic E-state index is 5.76. The number of benzene rings is 1. The van der Waals surface area contributed by atoms with E-state index in [2.05, 4.69) is 0 Å². The zero-order valence-corrected chi connectivity index (χ0v) is 10.0. The third kappa shape index (κ3) is 2.60. The summed E-state index contributed by atoms with van der Waals surface area (Å²) in [7, 11) is 1.64. The van der Waals surface area contributed by atoms with Crippen LogP contribution in [-0.4, -0.2) is 19.3 Å². The SMILES string of the molecule is COc1c(OC(C)C)cccc1OC1CC1. The van der Waals surface area contributed by atoms with Gasteiger partial charge in [0.15, 0.2) is 11.5 Å². The smallest absolute Gasteiger partial charge is 0.203 e. The first kappa shape index (κ1) is 11.1. The third-order valence-corrected chi connectivity index (χ3v) is 2.33. The summed E-state index contributed by atoms with van der Waals surface area (Å²) in [4.78, 5) is 0. The molecule has 1 aliphatic carbocycles. The van der Waals surface area contributed by atoms with Gasteiger partial charge in [0.2, 0.25) is 5.75 Å². The Kier molecular flexibility index (Phi) is 3.22. The molecule has 1 saturated carbocycles. The Labute approximate surface area is 96.3 Å². The van der Waals surface area contributed by atoms with Gasteiger partial charge in [0.1, 0.15) is 0 Å². The highest BCUT2D eigenvalue weighted by molar-refractivity contribution is 5.51. The lowest BCUT2D eigenvalue weighted by Gasteiger charge is -2.16. The predicted octanol–water partition coefficient (Wildman–Crippen LogP) is 3.02. The van der Waals surface area contributed by atoms with Gasteiger partial charge in [-0.05, 0) is 38.8 Å². The van der Waals surface area contributed by atoms with E-state index in [1.165, 1.54) is 0 Å². The van der Waals surface area contributed by atoms with E-state index in [9.17, 15) is 0 Å². The molecule has 1 aromatic carbocycles. The van der Waals surface area contributed by atoms with Gasteiger partial charge in [-0.2, -0.15) is 0 Å². The second-order valence-corrected chi connectivity index (χ2v) is 4.27. The van der Waals surface area contributed by atoms with Crippen molar-refractivity contribution in [3.8, 4) is 17.2 Å². The molecule has 0 spiro atoms. The van der Waals surface area contributed by atoms with Crippen LogP contribution in [0.4, 0.5) is 0 Å². The van der Waals surface area contributed by atoms with Crippen molar-refractivity contribution in [3.05, 3.63) is 18.2 Å². The number of ether oxygens (including phenoxy) is 3. The van der Waals surface area contributed by atoms with Crippen LogP contribution in [0.15, 0.2) is 18.2 Å². The Hall–Kier alpha value is -1.38.